The SMILES string of the molecule is CCCC(O)CCCC[C@@H]1CCC[C@@H]2[NH2+][C@H](C)[C@@H](O)C[C@H]12. The number of piperidine rings is 1. The van der Waals surface area contributed by atoms with Crippen molar-refractivity contribution in [3.63, 3.8) is 0 Å². The zero-order chi connectivity index (χ0) is 15.2. The fourth-order valence-corrected chi connectivity index (χ4v) is 4.63. The number of fused-ring (bicyclic) bond motifs is 1. The number of hydrogen-bond donors (Lipinski definition) is 3. The predicted octanol–water partition coefficient (Wildman–Crippen LogP) is 2.21. The molecule has 2 rings (SSSR count). The van der Waals surface area contributed by atoms with Crippen molar-refractivity contribution in [2.24, 2.45) is 11.8 Å². The maximum Gasteiger partial charge on any atom is 0.109 e. The minimum atomic E-state index is -0.113. The molecule has 0 aromatic heterocycles. The van der Waals surface area contributed by atoms with Crippen molar-refractivity contribution >= 4 is 0 Å². The van der Waals surface area contributed by atoms with E-state index in [1.165, 1.54) is 32.1 Å². The van der Waals surface area contributed by atoms with Crippen LogP contribution in [0, 0.1) is 11.8 Å². The van der Waals surface area contributed by atoms with Gasteiger partial charge in [-0.1, -0.05) is 26.2 Å². The molecule has 1 heterocycles. The molecular formula is C18H36NO2+. The van der Waals surface area contributed by atoms with Crippen LogP contribution < -0.4 is 5.32 Å². The Kier molecular flexibility index (Phi) is 6.97. The second-order valence-electron chi connectivity index (χ2n) is 7.60. The van der Waals surface area contributed by atoms with Gasteiger partial charge in [-0.15, -0.1) is 0 Å². The minimum Gasteiger partial charge on any atom is -0.393 e. The summed E-state index contributed by atoms with van der Waals surface area (Å²) in [5, 5.41) is 22.4. The Morgan fingerprint density at radius 3 is 2.76 bits per heavy atom. The highest BCUT2D eigenvalue weighted by atomic mass is 16.3. The van der Waals surface area contributed by atoms with Gasteiger partial charge in [-0.05, 0) is 57.8 Å². The van der Waals surface area contributed by atoms with E-state index < -0.39 is 0 Å². The van der Waals surface area contributed by atoms with Gasteiger partial charge in [0, 0.05) is 5.92 Å². The van der Waals surface area contributed by atoms with Crippen LogP contribution >= 0.6 is 0 Å². The first-order valence-electron chi connectivity index (χ1n) is 9.33. The zero-order valence-corrected chi connectivity index (χ0v) is 14.0. The van der Waals surface area contributed by atoms with E-state index in [9.17, 15) is 10.2 Å². The van der Waals surface area contributed by atoms with Crippen LogP contribution in [0.15, 0.2) is 0 Å². The largest absolute Gasteiger partial charge is 0.393 e. The predicted molar refractivity (Wildman–Crippen MR) is 86.0 cm³/mol. The van der Waals surface area contributed by atoms with Crippen molar-refractivity contribution in [2.75, 3.05) is 0 Å². The third-order valence-corrected chi connectivity index (χ3v) is 5.92. The molecule has 3 heteroatoms. The lowest BCUT2D eigenvalue weighted by molar-refractivity contribution is -0.744. The summed E-state index contributed by atoms with van der Waals surface area (Å²) in [5.41, 5.74) is 0. The highest BCUT2D eigenvalue weighted by Crippen LogP contribution is 2.37. The van der Waals surface area contributed by atoms with Crippen molar-refractivity contribution in [2.45, 2.75) is 102 Å². The van der Waals surface area contributed by atoms with E-state index >= 15 is 0 Å². The van der Waals surface area contributed by atoms with Crippen LogP contribution in [0.3, 0.4) is 0 Å². The molecule has 6 atom stereocenters. The number of aliphatic hydroxyl groups is 2. The van der Waals surface area contributed by atoms with Crippen LogP contribution in [-0.2, 0) is 0 Å². The molecule has 0 amide bonds. The van der Waals surface area contributed by atoms with Gasteiger partial charge in [0.15, 0.2) is 0 Å². The number of quaternary nitrogens is 1. The van der Waals surface area contributed by atoms with Gasteiger partial charge in [0.2, 0.25) is 0 Å². The molecule has 1 unspecified atom stereocenters. The van der Waals surface area contributed by atoms with Crippen LogP contribution in [0.4, 0.5) is 0 Å². The monoisotopic (exact) mass is 298 g/mol. The van der Waals surface area contributed by atoms with Crippen LogP contribution in [0.25, 0.3) is 0 Å². The quantitative estimate of drug-likeness (QED) is 0.631. The number of nitrogens with two attached hydrogens (primary N) is 1. The molecule has 0 radical (unpaired) electrons. The summed E-state index contributed by atoms with van der Waals surface area (Å²) in [7, 11) is 0. The number of rotatable bonds is 7. The van der Waals surface area contributed by atoms with Crippen LogP contribution in [0.2, 0.25) is 0 Å². The van der Waals surface area contributed by atoms with Gasteiger partial charge in [-0.2, -0.15) is 0 Å². The second kappa shape index (κ2) is 8.50. The molecule has 0 aromatic carbocycles. The summed E-state index contributed by atoms with van der Waals surface area (Å²) in [4.78, 5) is 0. The van der Waals surface area contributed by atoms with Gasteiger partial charge >= 0.3 is 0 Å². The highest BCUT2D eigenvalue weighted by molar-refractivity contribution is 4.87. The molecule has 1 saturated heterocycles. The van der Waals surface area contributed by atoms with Crippen molar-refractivity contribution in [1.29, 1.82) is 0 Å². The first-order chi connectivity index (χ1) is 10.1. The maximum atomic E-state index is 10.2. The third kappa shape index (κ3) is 4.94. The Bertz CT molecular complexity index is 297. The maximum absolute atomic E-state index is 10.2. The van der Waals surface area contributed by atoms with E-state index in [4.69, 9.17) is 0 Å². The fraction of sp³-hybridized carbons (Fsp3) is 1.00. The highest BCUT2D eigenvalue weighted by Gasteiger charge is 2.42. The molecule has 0 bridgehead atoms. The standard InChI is InChI=1S/C18H35NO2/c1-3-7-15(20)10-5-4-8-14-9-6-11-17-16(14)12-18(21)13(2)19-17/h13-21H,3-12H2,1-2H3/p+1/t13-,14-,15?,16-,17+,18+/m1/s1. The summed E-state index contributed by atoms with van der Waals surface area (Å²) in [6, 6.07) is 1.14. The Morgan fingerprint density at radius 2 is 2.00 bits per heavy atom. The van der Waals surface area contributed by atoms with E-state index in [1.54, 1.807) is 0 Å². The van der Waals surface area contributed by atoms with Gasteiger partial charge in [0.25, 0.3) is 0 Å². The number of aliphatic hydroxyl groups excluding tert-OH is 2. The van der Waals surface area contributed by atoms with E-state index in [-0.39, 0.29) is 12.2 Å². The molecule has 1 aliphatic carbocycles. The molecule has 3 nitrogen and oxygen atoms in total. The van der Waals surface area contributed by atoms with E-state index in [0.717, 1.165) is 50.0 Å². The normalized spacial score (nSPS) is 38.0. The lowest BCUT2D eigenvalue weighted by Crippen LogP contribution is -3.00. The Labute approximate surface area is 130 Å². The second-order valence-corrected chi connectivity index (χ2v) is 7.60. The summed E-state index contributed by atoms with van der Waals surface area (Å²) in [6.07, 6.45) is 11.6. The molecule has 1 saturated carbocycles. The summed E-state index contributed by atoms with van der Waals surface area (Å²) in [5.74, 6) is 1.54. The molecule has 21 heavy (non-hydrogen) atoms. The summed E-state index contributed by atoms with van der Waals surface area (Å²) >= 11 is 0. The molecular weight excluding hydrogens is 262 g/mol. The summed E-state index contributed by atoms with van der Waals surface area (Å²) in [6.45, 7) is 4.30. The average molecular weight is 298 g/mol. The average Bonchev–Trinajstić information content (AvgIpc) is 2.45. The van der Waals surface area contributed by atoms with Crippen molar-refractivity contribution in [3.8, 4) is 0 Å². The third-order valence-electron chi connectivity index (χ3n) is 5.92. The molecule has 4 N–H and O–H groups in total. The lowest BCUT2D eigenvalue weighted by Gasteiger charge is -2.43. The smallest absolute Gasteiger partial charge is 0.109 e. The van der Waals surface area contributed by atoms with Gasteiger partial charge < -0.3 is 15.5 Å². The summed E-state index contributed by atoms with van der Waals surface area (Å²) < 4.78 is 0. The molecule has 124 valence electrons. The molecule has 2 fully saturated rings. The van der Waals surface area contributed by atoms with Gasteiger partial charge in [-0.3, -0.25) is 0 Å². The molecule has 2 aliphatic rings. The van der Waals surface area contributed by atoms with E-state index in [1.807, 2.05) is 0 Å². The minimum absolute atomic E-state index is 0.0835. The number of hydrogen-bond acceptors (Lipinski definition) is 2. The van der Waals surface area contributed by atoms with Crippen LogP contribution in [0.1, 0.15) is 78.1 Å². The van der Waals surface area contributed by atoms with Crippen LogP contribution in [0.5, 0.6) is 0 Å². The van der Waals surface area contributed by atoms with Gasteiger partial charge in [0.05, 0.1) is 12.1 Å². The lowest BCUT2D eigenvalue weighted by atomic mass is 9.68. The first kappa shape index (κ1) is 17.2. The Morgan fingerprint density at radius 1 is 1.19 bits per heavy atom. The first-order valence-corrected chi connectivity index (χ1v) is 9.33. The van der Waals surface area contributed by atoms with Crippen molar-refractivity contribution in [3.05, 3.63) is 0 Å². The van der Waals surface area contributed by atoms with E-state index in [0.29, 0.717) is 6.04 Å². The fourth-order valence-electron chi connectivity index (χ4n) is 4.63. The van der Waals surface area contributed by atoms with Gasteiger partial charge in [-0.25, -0.2) is 0 Å². The van der Waals surface area contributed by atoms with E-state index in [2.05, 4.69) is 19.2 Å². The van der Waals surface area contributed by atoms with Crippen LogP contribution in [-0.4, -0.2) is 34.5 Å². The Balaban J connectivity index is 1.72. The zero-order valence-electron chi connectivity index (χ0n) is 14.0. The molecule has 0 spiro atoms. The van der Waals surface area contributed by atoms with Crippen molar-refractivity contribution < 1.29 is 15.5 Å². The van der Waals surface area contributed by atoms with Gasteiger partial charge in [0.1, 0.15) is 12.1 Å². The number of unbranched alkanes of at least 4 members (excludes halogenated alkanes) is 1. The molecule has 0 aromatic rings. The molecule has 1 aliphatic heterocycles. The Hall–Kier alpha value is -0.120. The van der Waals surface area contributed by atoms with Crippen molar-refractivity contribution in [1.82, 2.24) is 0 Å². The topological polar surface area (TPSA) is 57.1 Å².